The Kier molecular flexibility index (Phi) is 4.89. The van der Waals surface area contributed by atoms with Crippen LogP contribution in [0.5, 0.6) is 0 Å². The standard InChI is InChI=1S/C21H23FN2O2/c22-18-5-3-16(4-6-18)17-9-13-24(14-10-17)21(25)20-8-7-19(26-20)15-23-11-1-2-12-23/h3-9H,1-2,10-15H2. The number of rotatable bonds is 4. The van der Waals surface area contributed by atoms with Gasteiger partial charge in [-0.1, -0.05) is 18.2 Å². The lowest BCUT2D eigenvalue weighted by molar-refractivity contribution is 0.0737. The third kappa shape index (κ3) is 3.73. The van der Waals surface area contributed by atoms with Gasteiger partial charge >= 0.3 is 0 Å². The molecule has 0 aliphatic carbocycles. The second kappa shape index (κ2) is 7.46. The maximum Gasteiger partial charge on any atom is 0.289 e. The zero-order chi connectivity index (χ0) is 17.9. The van der Waals surface area contributed by atoms with Crippen LogP contribution in [0.2, 0.25) is 0 Å². The molecule has 0 saturated carbocycles. The van der Waals surface area contributed by atoms with E-state index in [0.29, 0.717) is 18.8 Å². The topological polar surface area (TPSA) is 36.7 Å². The van der Waals surface area contributed by atoms with Gasteiger partial charge in [0, 0.05) is 13.1 Å². The van der Waals surface area contributed by atoms with Crippen LogP contribution in [-0.2, 0) is 6.54 Å². The molecule has 0 bridgehead atoms. The highest BCUT2D eigenvalue weighted by Crippen LogP contribution is 2.24. The van der Waals surface area contributed by atoms with Crippen LogP contribution in [0.15, 0.2) is 46.9 Å². The highest BCUT2D eigenvalue weighted by Gasteiger charge is 2.22. The van der Waals surface area contributed by atoms with Crippen LogP contribution in [0.1, 0.15) is 41.1 Å². The third-order valence-corrected chi connectivity index (χ3v) is 5.16. The molecule has 2 aliphatic heterocycles. The van der Waals surface area contributed by atoms with Crippen molar-refractivity contribution in [3.8, 4) is 0 Å². The van der Waals surface area contributed by atoms with Crippen LogP contribution in [0, 0.1) is 5.82 Å². The molecule has 1 aromatic heterocycles. The number of furan rings is 1. The molecular weight excluding hydrogens is 331 g/mol. The van der Waals surface area contributed by atoms with Gasteiger partial charge in [0.25, 0.3) is 5.91 Å². The highest BCUT2D eigenvalue weighted by atomic mass is 19.1. The van der Waals surface area contributed by atoms with Gasteiger partial charge in [0.1, 0.15) is 11.6 Å². The fourth-order valence-electron chi connectivity index (χ4n) is 3.67. The molecule has 26 heavy (non-hydrogen) atoms. The Hall–Kier alpha value is -2.40. The Balaban J connectivity index is 1.38. The number of amides is 1. The van der Waals surface area contributed by atoms with Gasteiger partial charge in [0.15, 0.2) is 5.76 Å². The molecule has 0 radical (unpaired) electrons. The predicted octanol–water partition coefficient (Wildman–Crippen LogP) is 3.94. The minimum absolute atomic E-state index is 0.0629. The van der Waals surface area contributed by atoms with Gasteiger partial charge in [-0.25, -0.2) is 4.39 Å². The summed E-state index contributed by atoms with van der Waals surface area (Å²) in [6, 6.07) is 10.2. The van der Waals surface area contributed by atoms with Crippen molar-refractivity contribution >= 4 is 11.5 Å². The van der Waals surface area contributed by atoms with E-state index in [1.165, 1.54) is 25.0 Å². The summed E-state index contributed by atoms with van der Waals surface area (Å²) in [6.07, 6.45) is 5.29. The van der Waals surface area contributed by atoms with Crippen LogP contribution in [-0.4, -0.2) is 41.9 Å². The summed E-state index contributed by atoms with van der Waals surface area (Å²) in [5, 5.41) is 0. The molecule has 1 saturated heterocycles. The first kappa shape index (κ1) is 17.0. The molecule has 136 valence electrons. The fourth-order valence-corrected chi connectivity index (χ4v) is 3.67. The maximum atomic E-state index is 13.1. The first-order chi connectivity index (χ1) is 12.7. The fraction of sp³-hybridized carbons (Fsp3) is 0.381. The highest BCUT2D eigenvalue weighted by molar-refractivity contribution is 5.92. The van der Waals surface area contributed by atoms with Gasteiger partial charge in [-0.05, 0) is 67.8 Å². The Morgan fingerprint density at radius 1 is 1.04 bits per heavy atom. The van der Waals surface area contributed by atoms with Gasteiger partial charge in [-0.3, -0.25) is 9.69 Å². The predicted molar refractivity (Wildman–Crippen MR) is 98.1 cm³/mol. The first-order valence-electron chi connectivity index (χ1n) is 9.24. The van der Waals surface area contributed by atoms with E-state index in [4.69, 9.17) is 4.42 Å². The molecule has 5 heteroatoms. The minimum atomic E-state index is -0.232. The molecule has 4 nitrogen and oxygen atoms in total. The van der Waals surface area contributed by atoms with Crippen molar-refractivity contribution in [1.82, 2.24) is 9.80 Å². The Morgan fingerprint density at radius 2 is 1.81 bits per heavy atom. The number of hydrogen-bond acceptors (Lipinski definition) is 3. The molecule has 2 aliphatic rings. The van der Waals surface area contributed by atoms with Crippen LogP contribution >= 0.6 is 0 Å². The van der Waals surface area contributed by atoms with E-state index in [1.807, 2.05) is 12.1 Å². The zero-order valence-electron chi connectivity index (χ0n) is 14.8. The zero-order valence-corrected chi connectivity index (χ0v) is 14.8. The molecule has 3 heterocycles. The van der Waals surface area contributed by atoms with Gasteiger partial charge in [0.05, 0.1) is 6.54 Å². The monoisotopic (exact) mass is 354 g/mol. The number of halogens is 1. The molecule has 1 aromatic carbocycles. The van der Waals surface area contributed by atoms with Crippen molar-refractivity contribution in [3.05, 3.63) is 65.4 Å². The molecule has 4 rings (SSSR count). The summed E-state index contributed by atoms with van der Waals surface area (Å²) in [5.74, 6) is 0.976. The molecule has 0 spiro atoms. The van der Waals surface area contributed by atoms with Crippen LogP contribution in [0.4, 0.5) is 4.39 Å². The van der Waals surface area contributed by atoms with Crippen molar-refractivity contribution in [3.63, 3.8) is 0 Å². The van der Waals surface area contributed by atoms with Gasteiger partial charge in [0.2, 0.25) is 0 Å². The Labute approximate surface area is 152 Å². The van der Waals surface area contributed by atoms with E-state index in [9.17, 15) is 9.18 Å². The van der Waals surface area contributed by atoms with Crippen molar-refractivity contribution in [1.29, 1.82) is 0 Å². The smallest absolute Gasteiger partial charge is 0.289 e. The lowest BCUT2D eigenvalue weighted by Crippen LogP contribution is -2.34. The van der Waals surface area contributed by atoms with Crippen molar-refractivity contribution in [2.45, 2.75) is 25.8 Å². The van der Waals surface area contributed by atoms with Crippen molar-refractivity contribution in [2.24, 2.45) is 0 Å². The van der Waals surface area contributed by atoms with Crippen LogP contribution < -0.4 is 0 Å². The average Bonchev–Trinajstić information content (AvgIpc) is 3.35. The van der Waals surface area contributed by atoms with Gasteiger partial charge < -0.3 is 9.32 Å². The largest absolute Gasteiger partial charge is 0.455 e. The van der Waals surface area contributed by atoms with E-state index < -0.39 is 0 Å². The molecule has 0 N–H and O–H groups in total. The van der Waals surface area contributed by atoms with Crippen LogP contribution in [0.3, 0.4) is 0 Å². The molecule has 1 amide bonds. The van der Waals surface area contributed by atoms with E-state index in [-0.39, 0.29) is 11.7 Å². The third-order valence-electron chi connectivity index (χ3n) is 5.16. The number of carbonyl (C=O) groups is 1. The van der Waals surface area contributed by atoms with E-state index in [2.05, 4.69) is 4.90 Å². The molecule has 0 atom stereocenters. The second-order valence-corrected chi connectivity index (χ2v) is 6.99. The van der Waals surface area contributed by atoms with Crippen LogP contribution in [0.25, 0.3) is 5.57 Å². The van der Waals surface area contributed by atoms with E-state index in [1.54, 1.807) is 23.1 Å². The number of carbonyl (C=O) groups excluding carboxylic acids is 1. The Morgan fingerprint density at radius 3 is 2.50 bits per heavy atom. The maximum absolute atomic E-state index is 13.1. The SMILES string of the molecule is O=C(c1ccc(CN2CCCC2)o1)N1CC=C(c2ccc(F)cc2)CC1. The van der Waals surface area contributed by atoms with Crippen molar-refractivity contribution < 1.29 is 13.6 Å². The van der Waals surface area contributed by atoms with E-state index in [0.717, 1.165) is 43.0 Å². The summed E-state index contributed by atoms with van der Waals surface area (Å²) in [7, 11) is 0. The number of hydrogen-bond donors (Lipinski definition) is 0. The number of benzene rings is 1. The van der Waals surface area contributed by atoms with Crippen molar-refractivity contribution in [2.75, 3.05) is 26.2 Å². The number of likely N-dealkylation sites (tertiary alicyclic amines) is 1. The normalized spacial score (nSPS) is 18.2. The molecule has 2 aromatic rings. The lowest BCUT2D eigenvalue weighted by atomic mass is 9.99. The lowest BCUT2D eigenvalue weighted by Gasteiger charge is -2.26. The minimum Gasteiger partial charge on any atom is -0.455 e. The summed E-state index contributed by atoms with van der Waals surface area (Å²) >= 11 is 0. The van der Waals surface area contributed by atoms with Gasteiger partial charge in [-0.2, -0.15) is 0 Å². The Bertz CT molecular complexity index is 804. The summed E-state index contributed by atoms with van der Waals surface area (Å²) in [4.78, 5) is 16.8. The molecule has 0 unspecified atom stereocenters. The second-order valence-electron chi connectivity index (χ2n) is 6.99. The van der Waals surface area contributed by atoms with Gasteiger partial charge in [-0.15, -0.1) is 0 Å². The summed E-state index contributed by atoms with van der Waals surface area (Å²) in [6.45, 7) is 4.18. The molecular formula is C21H23FN2O2. The van der Waals surface area contributed by atoms with E-state index >= 15 is 0 Å². The number of nitrogens with zero attached hydrogens (tertiary/aromatic N) is 2. The quantitative estimate of drug-likeness (QED) is 0.834. The average molecular weight is 354 g/mol. The first-order valence-corrected chi connectivity index (χ1v) is 9.24. The summed E-state index contributed by atoms with van der Waals surface area (Å²) < 4.78 is 18.8. The summed E-state index contributed by atoms with van der Waals surface area (Å²) in [5.41, 5.74) is 2.17. The molecule has 1 fully saturated rings.